The summed E-state index contributed by atoms with van der Waals surface area (Å²) < 4.78 is 17.5. The Morgan fingerprint density at radius 3 is 2.65 bits per heavy atom. The Morgan fingerprint density at radius 1 is 1.18 bits per heavy atom. The van der Waals surface area contributed by atoms with Gasteiger partial charge in [0, 0.05) is 28.6 Å². The molecule has 0 saturated carbocycles. The van der Waals surface area contributed by atoms with E-state index in [1.807, 2.05) is 52.0 Å². The van der Waals surface area contributed by atoms with Crippen molar-refractivity contribution < 1.29 is 18.8 Å². The first-order valence-corrected chi connectivity index (χ1v) is 11.6. The molecule has 1 aromatic heterocycles. The minimum atomic E-state index is -0.283. The first-order valence-electron chi connectivity index (χ1n) is 11.2. The molecule has 0 saturated heterocycles. The summed E-state index contributed by atoms with van der Waals surface area (Å²) in [4.78, 5) is 12.3. The van der Waals surface area contributed by atoms with Gasteiger partial charge >= 0.3 is 0 Å². The van der Waals surface area contributed by atoms with Crippen LogP contribution >= 0.6 is 11.6 Å². The van der Waals surface area contributed by atoms with Gasteiger partial charge < -0.3 is 14.0 Å². The normalized spacial score (nSPS) is 14.2. The number of hydrogen-bond acceptors (Lipinski definition) is 5. The number of fused-ring (bicyclic) bond motifs is 1. The van der Waals surface area contributed by atoms with E-state index in [9.17, 15) is 4.79 Å². The molecule has 3 aromatic rings. The maximum atomic E-state index is 12.3. The van der Waals surface area contributed by atoms with Gasteiger partial charge in [0.05, 0.1) is 5.69 Å². The number of aromatic nitrogens is 1. The second kappa shape index (κ2) is 9.18. The molecular weight excluding hydrogens is 452 g/mol. The SMILES string of the molecule is Cc1noc(NC(=O)C=Cc2ccc(OCc3cc(Cl)cc4c3OC(C)(C)C4)c(C)c2C)c1C. The Labute approximate surface area is 204 Å². The standard InChI is InChI=1S/C27H29ClN2O4/c1-15-16(2)23(32-14-21-12-22(28)11-20-13-27(5,6)33-25(20)21)9-7-19(15)8-10-24(31)29-26-17(3)18(4)30-34-26/h7-12H,13-14H2,1-6H3,(H,29,31). The van der Waals surface area contributed by atoms with Crippen LogP contribution in [0.4, 0.5) is 5.88 Å². The number of rotatable bonds is 6. The van der Waals surface area contributed by atoms with Crippen LogP contribution in [0.2, 0.25) is 5.02 Å². The number of ether oxygens (including phenoxy) is 2. The quantitative estimate of drug-likeness (QED) is 0.407. The monoisotopic (exact) mass is 480 g/mol. The number of nitrogens with zero attached hydrogens (tertiary/aromatic N) is 1. The molecule has 0 atom stereocenters. The van der Waals surface area contributed by atoms with Crippen LogP contribution < -0.4 is 14.8 Å². The molecule has 0 bridgehead atoms. The van der Waals surface area contributed by atoms with E-state index in [1.165, 1.54) is 6.08 Å². The van der Waals surface area contributed by atoms with Crippen molar-refractivity contribution in [1.29, 1.82) is 0 Å². The number of carbonyl (C=O) groups excluding carboxylic acids is 1. The fourth-order valence-electron chi connectivity index (χ4n) is 4.01. The number of hydrogen-bond donors (Lipinski definition) is 1. The maximum absolute atomic E-state index is 12.3. The van der Waals surface area contributed by atoms with E-state index < -0.39 is 0 Å². The summed E-state index contributed by atoms with van der Waals surface area (Å²) in [6, 6.07) is 7.72. The second-order valence-electron chi connectivity index (χ2n) is 9.33. The van der Waals surface area contributed by atoms with Gasteiger partial charge in [0.25, 0.3) is 5.91 Å². The van der Waals surface area contributed by atoms with E-state index in [4.69, 9.17) is 25.6 Å². The van der Waals surface area contributed by atoms with E-state index in [-0.39, 0.29) is 11.5 Å². The van der Waals surface area contributed by atoms with Gasteiger partial charge in [-0.3, -0.25) is 10.1 Å². The van der Waals surface area contributed by atoms with Crippen molar-refractivity contribution in [1.82, 2.24) is 5.16 Å². The van der Waals surface area contributed by atoms with E-state index in [0.29, 0.717) is 17.5 Å². The molecule has 4 rings (SSSR count). The Hall–Kier alpha value is -3.25. The number of anilines is 1. The first-order chi connectivity index (χ1) is 16.0. The molecule has 0 radical (unpaired) electrons. The molecule has 2 heterocycles. The van der Waals surface area contributed by atoms with Gasteiger partial charge in [-0.15, -0.1) is 0 Å². The summed E-state index contributed by atoms with van der Waals surface area (Å²) in [5.41, 5.74) is 6.32. The molecule has 1 amide bonds. The summed E-state index contributed by atoms with van der Waals surface area (Å²) in [5, 5.41) is 7.25. The van der Waals surface area contributed by atoms with Crippen LogP contribution in [0, 0.1) is 27.7 Å². The lowest BCUT2D eigenvalue weighted by atomic mass is 10.0. The van der Waals surface area contributed by atoms with E-state index in [1.54, 1.807) is 6.08 Å². The van der Waals surface area contributed by atoms with Crippen molar-refractivity contribution in [3.63, 3.8) is 0 Å². The largest absolute Gasteiger partial charge is 0.488 e. The third-order valence-corrected chi connectivity index (χ3v) is 6.39. The van der Waals surface area contributed by atoms with Crippen molar-refractivity contribution in [3.8, 4) is 11.5 Å². The molecule has 0 unspecified atom stereocenters. The van der Waals surface area contributed by atoms with Gasteiger partial charge in [-0.25, -0.2) is 0 Å². The molecule has 6 nitrogen and oxygen atoms in total. The van der Waals surface area contributed by atoms with Crippen molar-refractivity contribution >= 4 is 29.5 Å². The van der Waals surface area contributed by atoms with Gasteiger partial charge in [-0.05, 0) is 88.1 Å². The molecule has 34 heavy (non-hydrogen) atoms. The minimum absolute atomic E-state index is 0.250. The molecule has 1 N–H and O–H groups in total. The lowest BCUT2D eigenvalue weighted by Crippen LogP contribution is -2.25. The van der Waals surface area contributed by atoms with Crippen LogP contribution in [-0.4, -0.2) is 16.7 Å². The number of amides is 1. The lowest BCUT2D eigenvalue weighted by molar-refractivity contribution is -0.112. The number of aryl methyl sites for hydroxylation is 1. The van der Waals surface area contributed by atoms with Crippen LogP contribution in [0.25, 0.3) is 6.08 Å². The smallest absolute Gasteiger partial charge is 0.250 e. The van der Waals surface area contributed by atoms with E-state index >= 15 is 0 Å². The van der Waals surface area contributed by atoms with Gasteiger partial charge in [-0.2, -0.15) is 0 Å². The molecule has 2 aromatic carbocycles. The highest BCUT2D eigenvalue weighted by Crippen LogP contribution is 2.40. The van der Waals surface area contributed by atoms with E-state index in [0.717, 1.165) is 57.0 Å². The molecule has 1 aliphatic rings. The molecule has 0 fully saturated rings. The van der Waals surface area contributed by atoms with Crippen LogP contribution in [0.1, 0.15) is 52.9 Å². The summed E-state index contributed by atoms with van der Waals surface area (Å²) in [5.74, 6) is 1.72. The zero-order valence-corrected chi connectivity index (χ0v) is 21.1. The third kappa shape index (κ3) is 4.97. The average molecular weight is 481 g/mol. The van der Waals surface area contributed by atoms with Crippen molar-refractivity contribution in [2.24, 2.45) is 0 Å². The maximum Gasteiger partial charge on any atom is 0.250 e. The molecular formula is C27H29ClN2O4. The average Bonchev–Trinajstić information content (AvgIpc) is 3.25. The first kappa shape index (κ1) is 23.9. The van der Waals surface area contributed by atoms with Crippen molar-refractivity contribution in [3.05, 3.63) is 74.4 Å². The van der Waals surface area contributed by atoms with Crippen LogP contribution in [-0.2, 0) is 17.8 Å². The van der Waals surface area contributed by atoms with Gasteiger partial charge in [0.2, 0.25) is 5.88 Å². The van der Waals surface area contributed by atoms with Crippen LogP contribution in [0.15, 0.2) is 34.9 Å². The predicted octanol–water partition coefficient (Wildman–Crippen LogP) is 6.51. The van der Waals surface area contributed by atoms with Gasteiger partial charge in [-0.1, -0.05) is 22.8 Å². The Balaban J connectivity index is 1.46. The third-order valence-electron chi connectivity index (χ3n) is 6.17. The van der Waals surface area contributed by atoms with Crippen LogP contribution in [0.5, 0.6) is 11.5 Å². The van der Waals surface area contributed by atoms with E-state index in [2.05, 4.69) is 24.3 Å². The Kier molecular flexibility index (Phi) is 6.45. The van der Waals surface area contributed by atoms with Crippen LogP contribution in [0.3, 0.4) is 0 Å². The Bertz CT molecular complexity index is 1290. The summed E-state index contributed by atoms with van der Waals surface area (Å²) in [6.07, 6.45) is 4.08. The highest BCUT2D eigenvalue weighted by atomic mass is 35.5. The second-order valence-corrected chi connectivity index (χ2v) is 9.76. The summed E-state index contributed by atoms with van der Waals surface area (Å²) in [7, 11) is 0. The van der Waals surface area contributed by atoms with Crippen molar-refractivity contribution in [2.45, 2.75) is 60.2 Å². The molecule has 178 valence electrons. The number of nitrogens with one attached hydrogen (secondary N) is 1. The predicted molar refractivity (Wildman–Crippen MR) is 134 cm³/mol. The number of benzene rings is 2. The fraction of sp³-hybridized carbons (Fsp3) is 0.333. The molecule has 0 aliphatic carbocycles. The molecule has 0 spiro atoms. The lowest BCUT2D eigenvalue weighted by Gasteiger charge is -2.19. The van der Waals surface area contributed by atoms with Gasteiger partial charge in [0.15, 0.2) is 0 Å². The molecule has 1 aliphatic heterocycles. The fourth-order valence-corrected chi connectivity index (χ4v) is 4.28. The zero-order chi connectivity index (χ0) is 24.6. The summed E-state index contributed by atoms with van der Waals surface area (Å²) >= 11 is 6.34. The summed E-state index contributed by atoms with van der Waals surface area (Å²) in [6.45, 7) is 12.2. The van der Waals surface area contributed by atoms with Crippen molar-refractivity contribution in [2.75, 3.05) is 5.32 Å². The number of carbonyl (C=O) groups is 1. The highest BCUT2D eigenvalue weighted by molar-refractivity contribution is 6.30. The zero-order valence-electron chi connectivity index (χ0n) is 20.3. The topological polar surface area (TPSA) is 73.6 Å². The number of halogens is 1. The highest BCUT2D eigenvalue weighted by Gasteiger charge is 2.32. The Morgan fingerprint density at radius 2 is 1.94 bits per heavy atom. The molecule has 7 heteroatoms. The minimum Gasteiger partial charge on any atom is -0.488 e. The van der Waals surface area contributed by atoms with Gasteiger partial charge in [0.1, 0.15) is 23.7 Å².